The van der Waals surface area contributed by atoms with Crippen molar-refractivity contribution in [2.45, 2.75) is 20.3 Å². The van der Waals surface area contributed by atoms with Gasteiger partial charge in [-0.25, -0.2) is 0 Å². The number of halogens is 1. The van der Waals surface area contributed by atoms with E-state index < -0.39 is 5.91 Å². The number of nitrogens with zero attached hydrogens (tertiary/aromatic N) is 1. The van der Waals surface area contributed by atoms with Gasteiger partial charge in [-0.3, -0.25) is 4.79 Å². The number of quaternary nitrogens is 1. The lowest BCUT2D eigenvalue weighted by Gasteiger charge is -2.22. The summed E-state index contributed by atoms with van der Waals surface area (Å²) < 4.78 is 1.09. The Balaban J connectivity index is -0.0000000778. The molecule has 0 atom stereocenters. The molecule has 0 saturated heterocycles. The van der Waals surface area contributed by atoms with E-state index in [4.69, 9.17) is 10.8 Å². The maximum absolute atomic E-state index is 9.82. The number of rotatable bonds is 3. The van der Waals surface area contributed by atoms with Crippen LogP contribution in [0.25, 0.3) is 0 Å². The summed E-state index contributed by atoms with van der Waals surface area (Å²) >= 11 is 0. The van der Waals surface area contributed by atoms with Crippen LogP contribution in [0.15, 0.2) is 25.0 Å². The Morgan fingerprint density at radius 1 is 1.41 bits per heavy atom. The highest BCUT2D eigenvalue weighted by Gasteiger charge is 2.01. The first-order valence-electron chi connectivity index (χ1n) is 5.13. The zero-order valence-electron chi connectivity index (χ0n) is 11.7. The zero-order valence-corrected chi connectivity index (χ0v) is 12.4. The molecule has 0 spiro atoms. The fourth-order valence-electron chi connectivity index (χ4n) is 0.671. The van der Waals surface area contributed by atoms with Gasteiger partial charge < -0.3 is 27.7 Å². The molecule has 0 fully saturated rings. The van der Waals surface area contributed by atoms with Crippen molar-refractivity contribution in [3.8, 4) is 0 Å². The third-order valence-corrected chi connectivity index (χ3v) is 1.32. The van der Waals surface area contributed by atoms with Crippen molar-refractivity contribution in [3.05, 3.63) is 25.0 Å². The van der Waals surface area contributed by atoms with Crippen molar-refractivity contribution >= 4 is 5.91 Å². The van der Waals surface area contributed by atoms with Crippen molar-refractivity contribution in [2.24, 2.45) is 5.73 Å². The van der Waals surface area contributed by atoms with Crippen LogP contribution >= 0.6 is 0 Å². The monoisotopic (exact) mass is 266 g/mol. The molecule has 0 aliphatic heterocycles. The Morgan fingerprint density at radius 2 is 1.65 bits per heavy atom. The Kier molecular flexibility index (Phi) is 22.1. The van der Waals surface area contributed by atoms with Crippen molar-refractivity contribution < 1.29 is 26.8 Å². The molecular formula is C12H27ClN2O2. The maximum Gasteiger partial charge on any atom is 0.243 e. The first-order chi connectivity index (χ1) is 7.12. The summed E-state index contributed by atoms with van der Waals surface area (Å²) in [5.74, 6) is -0.435. The van der Waals surface area contributed by atoms with E-state index in [0.29, 0.717) is 5.57 Å². The molecule has 1 amide bonds. The number of primary amides is 1. The van der Waals surface area contributed by atoms with Crippen LogP contribution in [0, 0.1) is 0 Å². The van der Waals surface area contributed by atoms with Gasteiger partial charge in [0.25, 0.3) is 0 Å². The van der Waals surface area contributed by atoms with Crippen LogP contribution in [0.4, 0.5) is 0 Å². The molecular weight excluding hydrogens is 240 g/mol. The van der Waals surface area contributed by atoms with E-state index in [1.807, 2.05) is 0 Å². The molecule has 4 nitrogen and oxygen atoms in total. The highest BCUT2D eigenvalue weighted by atomic mass is 35.5. The highest BCUT2D eigenvalue weighted by molar-refractivity contribution is 5.90. The molecule has 0 heterocycles. The van der Waals surface area contributed by atoms with Crippen molar-refractivity contribution in [1.29, 1.82) is 0 Å². The van der Waals surface area contributed by atoms with Crippen LogP contribution in [0.3, 0.4) is 0 Å². The quantitative estimate of drug-likeness (QED) is 0.385. The normalized spacial score (nSPS) is 8.29. The van der Waals surface area contributed by atoms with Gasteiger partial charge in [0.05, 0.1) is 33.9 Å². The van der Waals surface area contributed by atoms with Gasteiger partial charge in [-0.15, -0.1) is 0 Å². The van der Waals surface area contributed by atoms with E-state index in [0.717, 1.165) is 10.7 Å². The Hall–Kier alpha value is -1.00. The zero-order chi connectivity index (χ0) is 13.8. The summed E-state index contributed by atoms with van der Waals surface area (Å²) in [5, 5.41) is 7.33. The fourth-order valence-corrected chi connectivity index (χ4v) is 0.671. The predicted octanol–water partition coefficient (Wildman–Crippen LogP) is -1.16. The van der Waals surface area contributed by atoms with Gasteiger partial charge in [-0.05, 0) is 13.3 Å². The smallest absolute Gasteiger partial charge is 0.243 e. The molecule has 0 aromatic carbocycles. The molecule has 0 saturated carbocycles. The SMILES string of the molecule is C=C(C)C(N)=O.C=CO.CCC[N+](C)(C)C.[Cl-]. The first kappa shape index (κ1) is 25.0. The molecule has 5 heteroatoms. The second kappa shape index (κ2) is 15.0. The summed E-state index contributed by atoms with van der Waals surface area (Å²) in [6, 6.07) is 0. The van der Waals surface area contributed by atoms with Crippen LogP contribution in [-0.2, 0) is 4.79 Å². The topological polar surface area (TPSA) is 63.3 Å². The van der Waals surface area contributed by atoms with E-state index in [1.165, 1.54) is 13.0 Å². The lowest BCUT2D eigenvalue weighted by Crippen LogP contribution is -3.00. The summed E-state index contributed by atoms with van der Waals surface area (Å²) in [5.41, 5.74) is 5.09. The predicted molar refractivity (Wildman–Crippen MR) is 70.0 cm³/mol. The van der Waals surface area contributed by atoms with Gasteiger partial charge in [-0.2, -0.15) is 0 Å². The van der Waals surface area contributed by atoms with Crippen LogP contribution < -0.4 is 18.1 Å². The van der Waals surface area contributed by atoms with E-state index in [-0.39, 0.29) is 12.4 Å². The van der Waals surface area contributed by atoms with Crippen molar-refractivity contribution in [2.75, 3.05) is 27.7 Å². The lowest BCUT2D eigenvalue weighted by molar-refractivity contribution is -0.870. The number of carbonyl (C=O) groups is 1. The molecule has 0 aliphatic rings. The minimum atomic E-state index is -0.435. The molecule has 0 rings (SSSR count). The number of hydrogen-bond donors (Lipinski definition) is 2. The van der Waals surface area contributed by atoms with Crippen LogP contribution in [-0.4, -0.2) is 43.2 Å². The largest absolute Gasteiger partial charge is 1.00 e. The number of hydrogen-bond acceptors (Lipinski definition) is 2. The molecule has 3 N–H and O–H groups in total. The van der Waals surface area contributed by atoms with Gasteiger partial charge in [0.1, 0.15) is 0 Å². The van der Waals surface area contributed by atoms with E-state index in [2.05, 4.69) is 41.2 Å². The summed E-state index contributed by atoms with van der Waals surface area (Å²) in [6.45, 7) is 11.3. The third kappa shape index (κ3) is 51.7. The fraction of sp³-hybridized carbons (Fsp3) is 0.583. The maximum atomic E-state index is 9.82. The Labute approximate surface area is 112 Å². The molecule has 0 aromatic rings. The van der Waals surface area contributed by atoms with Crippen LogP contribution in [0.5, 0.6) is 0 Å². The number of nitrogens with two attached hydrogens (primary N) is 1. The lowest BCUT2D eigenvalue weighted by atomic mass is 10.3. The van der Waals surface area contributed by atoms with Crippen LogP contribution in [0.1, 0.15) is 20.3 Å². The highest BCUT2D eigenvalue weighted by Crippen LogP contribution is 1.90. The van der Waals surface area contributed by atoms with Crippen LogP contribution in [0.2, 0.25) is 0 Å². The molecule has 0 radical (unpaired) electrons. The Bertz CT molecular complexity index is 199. The summed E-state index contributed by atoms with van der Waals surface area (Å²) in [6.07, 6.45) is 2.03. The molecule has 104 valence electrons. The van der Waals surface area contributed by atoms with E-state index >= 15 is 0 Å². The summed E-state index contributed by atoms with van der Waals surface area (Å²) in [7, 11) is 6.64. The standard InChI is InChI=1S/C6H16N.C4H7NO.C2H4O.ClH/c1-5-6-7(2,3)4;1-3(2)4(5)6;1-2-3;/h5-6H2,1-4H3;1H2,2H3,(H2,5,6);2-3H,1H2;1H/q+1;;;/p-1. The third-order valence-electron chi connectivity index (χ3n) is 1.32. The molecule has 17 heavy (non-hydrogen) atoms. The molecule has 0 aromatic heterocycles. The Morgan fingerprint density at radius 3 is 1.65 bits per heavy atom. The minimum absolute atomic E-state index is 0. The second-order valence-electron chi connectivity index (χ2n) is 4.34. The van der Waals surface area contributed by atoms with E-state index in [9.17, 15) is 4.79 Å². The molecule has 0 unspecified atom stereocenters. The number of aliphatic hydroxyl groups is 1. The van der Waals surface area contributed by atoms with Gasteiger partial charge >= 0.3 is 0 Å². The minimum Gasteiger partial charge on any atom is -1.00 e. The van der Waals surface area contributed by atoms with Crippen molar-refractivity contribution in [1.82, 2.24) is 0 Å². The number of amides is 1. The first-order valence-corrected chi connectivity index (χ1v) is 5.13. The van der Waals surface area contributed by atoms with Gasteiger partial charge in [0.2, 0.25) is 5.91 Å². The van der Waals surface area contributed by atoms with E-state index in [1.54, 1.807) is 6.92 Å². The van der Waals surface area contributed by atoms with Gasteiger partial charge in [0.15, 0.2) is 0 Å². The van der Waals surface area contributed by atoms with Crippen molar-refractivity contribution in [3.63, 3.8) is 0 Å². The summed E-state index contributed by atoms with van der Waals surface area (Å²) in [4.78, 5) is 9.82. The molecule has 0 aliphatic carbocycles. The number of aliphatic hydroxyl groups excluding tert-OH is 1. The number of carbonyl (C=O) groups excluding carboxylic acids is 1. The average Bonchev–Trinajstić information content (AvgIpc) is 2.03. The van der Waals surface area contributed by atoms with Gasteiger partial charge in [0, 0.05) is 5.57 Å². The van der Waals surface area contributed by atoms with Gasteiger partial charge in [-0.1, -0.05) is 20.1 Å². The second-order valence-corrected chi connectivity index (χ2v) is 4.34. The molecule has 0 bridgehead atoms. The average molecular weight is 267 g/mol.